The number of carbonyl (C=O) groups excluding carboxylic acids is 3. The Morgan fingerprint density at radius 2 is 2.11 bits per heavy atom. The Bertz CT molecular complexity index is 683. The number of nitrogens with zero attached hydrogens (tertiary/aromatic N) is 2. The Labute approximate surface area is 163 Å². The zero-order valence-corrected chi connectivity index (χ0v) is 16.7. The number of likely N-dealkylation sites (N-methyl/N-ethyl adjacent to an activating group) is 1. The highest BCUT2D eigenvalue weighted by molar-refractivity contribution is 7.12. The van der Waals surface area contributed by atoms with Gasteiger partial charge >= 0.3 is 0 Å². The fraction of sp³-hybridized carbons (Fsp3) is 0.632. The zero-order valence-electron chi connectivity index (χ0n) is 15.9. The first-order valence-electron chi connectivity index (χ1n) is 9.43. The molecule has 0 aromatic carbocycles. The molecule has 0 saturated carbocycles. The van der Waals surface area contributed by atoms with Crippen molar-refractivity contribution in [2.24, 2.45) is 5.41 Å². The van der Waals surface area contributed by atoms with Gasteiger partial charge in [-0.2, -0.15) is 0 Å². The Morgan fingerprint density at radius 1 is 1.37 bits per heavy atom. The van der Waals surface area contributed by atoms with Crippen molar-refractivity contribution in [1.82, 2.24) is 15.1 Å². The smallest absolute Gasteiger partial charge is 0.263 e. The van der Waals surface area contributed by atoms with Crippen molar-refractivity contribution in [2.45, 2.75) is 32.2 Å². The van der Waals surface area contributed by atoms with E-state index >= 15 is 0 Å². The van der Waals surface area contributed by atoms with Crippen LogP contribution < -0.4 is 5.32 Å². The van der Waals surface area contributed by atoms with E-state index in [1.165, 1.54) is 11.3 Å². The van der Waals surface area contributed by atoms with Gasteiger partial charge in [-0.25, -0.2) is 0 Å². The van der Waals surface area contributed by atoms with Gasteiger partial charge < -0.3 is 19.9 Å². The number of likely N-dealkylation sites (tertiary alicyclic amines) is 2. The van der Waals surface area contributed by atoms with Gasteiger partial charge in [-0.1, -0.05) is 6.07 Å². The van der Waals surface area contributed by atoms with Gasteiger partial charge in [0.2, 0.25) is 11.8 Å². The number of nitrogens with one attached hydrogen (secondary N) is 1. The number of rotatable bonds is 6. The summed E-state index contributed by atoms with van der Waals surface area (Å²) < 4.78 is 4.97. The zero-order chi connectivity index (χ0) is 19.4. The summed E-state index contributed by atoms with van der Waals surface area (Å²) in [4.78, 5) is 42.4. The lowest BCUT2D eigenvalue weighted by atomic mass is 9.76. The number of hydrogen-bond acceptors (Lipinski definition) is 5. The number of piperidine rings is 1. The van der Waals surface area contributed by atoms with E-state index in [9.17, 15) is 14.4 Å². The van der Waals surface area contributed by atoms with Gasteiger partial charge in [-0.3, -0.25) is 14.4 Å². The highest BCUT2D eigenvalue weighted by Crippen LogP contribution is 2.44. The third-order valence-electron chi connectivity index (χ3n) is 5.66. The maximum atomic E-state index is 13.1. The standard InChI is InChI=1S/C19H27N3O4S/c1-3-22-14(16(23)20-8-11-26-2)13-19(18(22)25)6-9-21(10-7-19)17(24)15-5-4-12-27-15/h4-5,12,14H,3,6-11,13H2,1-2H3,(H,20,23). The van der Waals surface area contributed by atoms with Crippen LogP contribution in [0.5, 0.6) is 0 Å². The van der Waals surface area contributed by atoms with E-state index in [1.54, 1.807) is 12.0 Å². The maximum Gasteiger partial charge on any atom is 0.263 e. The summed E-state index contributed by atoms with van der Waals surface area (Å²) >= 11 is 1.44. The molecule has 1 aromatic heterocycles. The van der Waals surface area contributed by atoms with E-state index in [1.807, 2.05) is 29.3 Å². The predicted molar refractivity (Wildman–Crippen MR) is 103 cm³/mol. The van der Waals surface area contributed by atoms with Gasteiger partial charge in [0, 0.05) is 33.3 Å². The number of ether oxygens (including phenoxy) is 1. The normalized spacial score (nSPS) is 21.7. The molecule has 0 bridgehead atoms. The predicted octanol–water partition coefficient (Wildman–Crippen LogP) is 1.35. The number of amides is 3. The summed E-state index contributed by atoms with van der Waals surface area (Å²) in [6.45, 7) is 4.41. The van der Waals surface area contributed by atoms with E-state index in [0.717, 1.165) is 4.88 Å². The fourth-order valence-corrected chi connectivity index (χ4v) is 4.81. The number of methoxy groups -OCH3 is 1. The van der Waals surface area contributed by atoms with Crippen molar-refractivity contribution in [1.29, 1.82) is 0 Å². The Kier molecular flexibility index (Phi) is 6.16. The number of carbonyl (C=O) groups is 3. The van der Waals surface area contributed by atoms with Crippen molar-refractivity contribution in [3.63, 3.8) is 0 Å². The second-order valence-corrected chi connectivity index (χ2v) is 8.09. The first kappa shape index (κ1) is 19.8. The SMILES string of the molecule is CCN1C(=O)C2(CCN(C(=O)c3cccs3)CC2)CC1C(=O)NCCOC. The van der Waals surface area contributed by atoms with Crippen molar-refractivity contribution < 1.29 is 19.1 Å². The van der Waals surface area contributed by atoms with Crippen LogP contribution >= 0.6 is 11.3 Å². The molecule has 1 N–H and O–H groups in total. The van der Waals surface area contributed by atoms with Crippen LogP contribution in [0.4, 0.5) is 0 Å². The van der Waals surface area contributed by atoms with Crippen molar-refractivity contribution in [2.75, 3.05) is 39.9 Å². The summed E-state index contributed by atoms with van der Waals surface area (Å²) in [7, 11) is 1.59. The molecule has 27 heavy (non-hydrogen) atoms. The van der Waals surface area contributed by atoms with Crippen LogP contribution in [-0.4, -0.2) is 73.5 Å². The van der Waals surface area contributed by atoms with Crippen LogP contribution in [0, 0.1) is 5.41 Å². The summed E-state index contributed by atoms with van der Waals surface area (Å²) in [5.74, 6) is -0.0252. The van der Waals surface area contributed by atoms with E-state index in [4.69, 9.17) is 4.74 Å². The second-order valence-electron chi connectivity index (χ2n) is 7.14. The van der Waals surface area contributed by atoms with Gasteiger partial charge in [0.05, 0.1) is 16.9 Å². The lowest BCUT2D eigenvalue weighted by molar-refractivity contribution is -0.140. The molecular weight excluding hydrogens is 366 g/mol. The lowest BCUT2D eigenvalue weighted by Crippen LogP contribution is -2.47. The van der Waals surface area contributed by atoms with Crippen molar-refractivity contribution in [3.8, 4) is 0 Å². The third-order valence-corrected chi connectivity index (χ3v) is 6.52. The van der Waals surface area contributed by atoms with E-state index < -0.39 is 11.5 Å². The molecule has 2 aliphatic rings. The quantitative estimate of drug-likeness (QED) is 0.740. The molecule has 2 aliphatic heterocycles. The van der Waals surface area contributed by atoms with Crippen molar-refractivity contribution in [3.05, 3.63) is 22.4 Å². The van der Waals surface area contributed by atoms with Crippen molar-refractivity contribution >= 4 is 29.1 Å². The number of thiophene rings is 1. The molecule has 2 fully saturated rings. The summed E-state index contributed by atoms with van der Waals surface area (Å²) in [6, 6.07) is 3.27. The molecule has 1 aromatic rings. The average molecular weight is 394 g/mol. The third kappa shape index (κ3) is 3.87. The molecule has 1 spiro atoms. The largest absolute Gasteiger partial charge is 0.383 e. The summed E-state index contributed by atoms with van der Waals surface area (Å²) in [5.41, 5.74) is -0.522. The van der Waals surface area contributed by atoms with E-state index in [0.29, 0.717) is 52.0 Å². The van der Waals surface area contributed by atoms with Gasteiger partial charge in [0.25, 0.3) is 5.91 Å². The highest BCUT2D eigenvalue weighted by Gasteiger charge is 2.54. The summed E-state index contributed by atoms with van der Waals surface area (Å²) in [6.07, 6.45) is 1.75. The molecule has 3 heterocycles. The molecule has 7 nitrogen and oxygen atoms in total. The average Bonchev–Trinajstić information content (AvgIpc) is 3.30. The Morgan fingerprint density at radius 3 is 2.70 bits per heavy atom. The molecule has 8 heteroatoms. The van der Waals surface area contributed by atoms with Crippen LogP contribution in [0.25, 0.3) is 0 Å². The first-order valence-corrected chi connectivity index (χ1v) is 10.3. The minimum absolute atomic E-state index is 0.0338. The number of hydrogen-bond donors (Lipinski definition) is 1. The van der Waals surface area contributed by atoms with Crippen LogP contribution in [0.15, 0.2) is 17.5 Å². The van der Waals surface area contributed by atoms with Crippen LogP contribution in [-0.2, 0) is 14.3 Å². The van der Waals surface area contributed by atoms with Crippen LogP contribution in [0.1, 0.15) is 35.9 Å². The molecule has 3 rings (SSSR count). The lowest BCUT2D eigenvalue weighted by Gasteiger charge is -2.37. The highest BCUT2D eigenvalue weighted by atomic mass is 32.1. The summed E-state index contributed by atoms with van der Waals surface area (Å²) in [5, 5.41) is 4.75. The molecule has 3 amide bonds. The fourth-order valence-electron chi connectivity index (χ4n) is 4.12. The molecule has 148 valence electrons. The van der Waals surface area contributed by atoms with Gasteiger partial charge in [0.1, 0.15) is 6.04 Å². The molecule has 1 unspecified atom stereocenters. The second kappa shape index (κ2) is 8.39. The minimum atomic E-state index is -0.522. The van der Waals surface area contributed by atoms with Gasteiger partial charge in [0.15, 0.2) is 0 Å². The topological polar surface area (TPSA) is 79.0 Å². The van der Waals surface area contributed by atoms with E-state index in [-0.39, 0.29) is 17.7 Å². The van der Waals surface area contributed by atoms with Crippen LogP contribution in [0.3, 0.4) is 0 Å². The molecular formula is C19H27N3O4S. The Balaban J connectivity index is 1.65. The molecule has 0 aliphatic carbocycles. The maximum absolute atomic E-state index is 13.1. The van der Waals surface area contributed by atoms with E-state index in [2.05, 4.69) is 5.32 Å². The van der Waals surface area contributed by atoms with Gasteiger partial charge in [-0.15, -0.1) is 11.3 Å². The van der Waals surface area contributed by atoms with Gasteiger partial charge in [-0.05, 0) is 37.6 Å². The molecule has 1 atom stereocenters. The molecule has 0 radical (unpaired) electrons. The minimum Gasteiger partial charge on any atom is -0.383 e. The Hall–Kier alpha value is -1.93. The molecule has 2 saturated heterocycles. The monoisotopic (exact) mass is 393 g/mol. The van der Waals surface area contributed by atoms with Crippen LogP contribution in [0.2, 0.25) is 0 Å². The first-order chi connectivity index (χ1) is 13.0.